The molecule has 20 heavy (non-hydrogen) atoms. The van der Waals surface area contributed by atoms with Gasteiger partial charge in [-0.25, -0.2) is 0 Å². The number of nitrogens with one attached hydrogen (secondary N) is 1. The van der Waals surface area contributed by atoms with E-state index in [4.69, 9.17) is 4.74 Å². The summed E-state index contributed by atoms with van der Waals surface area (Å²) in [6.45, 7) is 3.86. The van der Waals surface area contributed by atoms with Crippen LogP contribution in [0.4, 0.5) is 0 Å². The highest BCUT2D eigenvalue weighted by atomic mass is 32.1. The normalized spacial score (nSPS) is 11.1. The molecule has 0 fully saturated rings. The molecule has 1 N–H and O–H groups in total. The maximum absolute atomic E-state index is 5.86. The van der Waals surface area contributed by atoms with E-state index >= 15 is 0 Å². The molecule has 0 aliphatic heterocycles. The summed E-state index contributed by atoms with van der Waals surface area (Å²) in [5.41, 5.74) is 1.04. The second-order valence-corrected chi connectivity index (χ2v) is 5.26. The van der Waals surface area contributed by atoms with Gasteiger partial charge in [-0.15, -0.1) is 11.3 Å². The first-order valence-electron chi connectivity index (χ1n) is 6.61. The Hall–Kier alpha value is -1.92. The molecule has 0 aliphatic rings. The third kappa shape index (κ3) is 2.66. The van der Waals surface area contributed by atoms with Crippen LogP contribution in [0.5, 0.6) is 11.6 Å². The summed E-state index contributed by atoms with van der Waals surface area (Å²) in [6.07, 6.45) is 6.54. The van der Waals surface area contributed by atoms with Crippen LogP contribution < -0.4 is 10.1 Å². The van der Waals surface area contributed by atoms with E-state index in [-0.39, 0.29) is 0 Å². The van der Waals surface area contributed by atoms with Gasteiger partial charge in [0.15, 0.2) is 4.96 Å². The zero-order chi connectivity index (χ0) is 13.8. The van der Waals surface area contributed by atoms with E-state index in [0.29, 0.717) is 11.6 Å². The van der Waals surface area contributed by atoms with E-state index < -0.39 is 0 Å². The topological polar surface area (TPSA) is 51.5 Å². The first-order valence-corrected chi connectivity index (χ1v) is 7.49. The lowest BCUT2D eigenvalue weighted by Crippen LogP contribution is -2.15. The van der Waals surface area contributed by atoms with Crippen LogP contribution in [0.25, 0.3) is 4.96 Å². The molecule has 0 bridgehead atoms. The molecule has 0 spiro atoms. The Morgan fingerprint density at radius 2 is 2.40 bits per heavy atom. The minimum absolute atomic E-state index is 0.647. The summed E-state index contributed by atoms with van der Waals surface area (Å²) in [4.78, 5) is 9.53. The van der Waals surface area contributed by atoms with Crippen molar-refractivity contribution in [2.24, 2.45) is 0 Å². The Balaban J connectivity index is 1.88. The maximum Gasteiger partial charge on any atom is 0.243 e. The molecular formula is C14H16N4OS. The monoisotopic (exact) mass is 288 g/mol. The summed E-state index contributed by atoms with van der Waals surface area (Å²) in [7, 11) is 0. The van der Waals surface area contributed by atoms with Crippen molar-refractivity contribution in [2.45, 2.75) is 19.9 Å². The van der Waals surface area contributed by atoms with Gasteiger partial charge in [-0.05, 0) is 25.1 Å². The number of fused-ring (bicyclic) bond motifs is 1. The Kier molecular flexibility index (Phi) is 3.94. The van der Waals surface area contributed by atoms with E-state index in [9.17, 15) is 0 Å². The van der Waals surface area contributed by atoms with Crippen LogP contribution in [0.2, 0.25) is 0 Å². The van der Waals surface area contributed by atoms with Crippen LogP contribution in [0, 0.1) is 0 Å². The minimum atomic E-state index is 0.647. The molecule has 3 aromatic heterocycles. The average Bonchev–Trinajstić information content (AvgIpc) is 3.03. The second kappa shape index (κ2) is 6.02. The molecule has 0 saturated carbocycles. The number of thiazole rings is 1. The standard InChI is InChI=1S/C14H16N4OS/c1-2-5-15-10-12-13(17-14-18(12)7-8-20-14)19-11-4-3-6-16-9-11/h3-4,6-9,15H,2,5,10H2,1H3. The largest absolute Gasteiger partial charge is 0.436 e. The fourth-order valence-electron chi connectivity index (χ4n) is 1.96. The molecule has 3 heterocycles. The predicted octanol–water partition coefficient (Wildman–Crippen LogP) is 3.08. The Morgan fingerprint density at radius 3 is 3.20 bits per heavy atom. The molecule has 0 unspecified atom stereocenters. The number of imidazole rings is 1. The zero-order valence-electron chi connectivity index (χ0n) is 11.2. The summed E-state index contributed by atoms with van der Waals surface area (Å²) >= 11 is 1.60. The third-order valence-corrected chi connectivity index (χ3v) is 3.65. The first-order chi connectivity index (χ1) is 9.88. The van der Waals surface area contributed by atoms with Crippen molar-refractivity contribution >= 4 is 16.3 Å². The number of hydrogen-bond acceptors (Lipinski definition) is 5. The van der Waals surface area contributed by atoms with Crippen LogP contribution >= 0.6 is 11.3 Å². The predicted molar refractivity (Wildman–Crippen MR) is 79.4 cm³/mol. The molecule has 0 aliphatic carbocycles. The van der Waals surface area contributed by atoms with Crippen LogP contribution in [-0.2, 0) is 6.54 Å². The van der Waals surface area contributed by atoms with Gasteiger partial charge in [-0.1, -0.05) is 6.92 Å². The maximum atomic E-state index is 5.86. The van der Waals surface area contributed by atoms with Crippen molar-refractivity contribution < 1.29 is 4.74 Å². The Bertz CT molecular complexity index is 677. The molecule has 3 aromatic rings. The first kappa shape index (κ1) is 13.1. The summed E-state index contributed by atoms with van der Waals surface area (Å²) in [6, 6.07) is 3.73. The highest BCUT2D eigenvalue weighted by Gasteiger charge is 2.14. The van der Waals surface area contributed by atoms with E-state index in [0.717, 1.165) is 30.2 Å². The lowest BCUT2D eigenvalue weighted by molar-refractivity contribution is 0.453. The van der Waals surface area contributed by atoms with Gasteiger partial charge in [-0.2, -0.15) is 4.98 Å². The fraction of sp³-hybridized carbons (Fsp3) is 0.286. The Morgan fingerprint density at radius 1 is 1.45 bits per heavy atom. The zero-order valence-corrected chi connectivity index (χ0v) is 12.1. The van der Waals surface area contributed by atoms with E-state index in [1.807, 2.05) is 23.7 Å². The van der Waals surface area contributed by atoms with Crippen molar-refractivity contribution in [1.29, 1.82) is 0 Å². The lowest BCUT2D eigenvalue weighted by Gasteiger charge is -2.06. The SMILES string of the molecule is CCCNCc1c(Oc2cccnc2)nc2sccn12. The van der Waals surface area contributed by atoms with E-state index in [2.05, 4.69) is 26.6 Å². The van der Waals surface area contributed by atoms with Gasteiger partial charge in [-0.3, -0.25) is 9.38 Å². The Labute approximate surface area is 121 Å². The molecule has 3 rings (SSSR count). The van der Waals surface area contributed by atoms with Gasteiger partial charge < -0.3 is 10.1 Å². The van der Waals surface area contributed by atoms with Crippen LogP contribution in [0.1, 0.15) is 19.0 Å². The number of hydrogen-bond donors (Lipinski definition) is 1. The van der Waals surface area contributed by atoms with Crippen LogP contribution in [0.3, 0.4) is 0 Å². The van der Waals surface area contributed by atoms with E-state index in [1.54, 1.807) is 23.7 Å². The second-order valence-electron chi connectivity index (χ2n) is 4.39. The molecule has 0 aromatic carbocycles. The minimum Gasteiger partial charge on any atom is -0.436 e. The van der Waals surface area contributed by atoms with Crippen molar-refractivity contribution in [1.82, 2.24) is 19.7 Å². The highest BCUT2D eigenvalue weighted by molar-refractivity contribution is 7.15. The molecule has 5 nitrogen and oxygen atoms in total. The molecule has 0 saturated heterocycles. The quantitative estimate of drug-likeness (QED) is 0.708. The number of rotatable bonds is 6. The van der Waals surface area contributed by atoms with E-state index in [1.165, 1.54) is 0 Å². The number of nitrogens with zero attached hydrogens (tertiary/aromatic N) is 3. The van der Waals surface area contributed by atoms with Gasteiger partial charge in [0.05, 0.1) is 6.20 Å². The highest BCUT2D eigenvalue weighted by Crippen LogP contribution is 2.27. The molecule has 0 amide bonds. The number of ether oxygens (including phenoxy) is 1. The van der Waals surface area contributed by atoms with Crippen LogP contribution in [-0.4, -0.2) is 20.9 Å². The van der Waals surface area contributed by atoms with Crippen LogP contribution in [0.15, 0.2) is 36.1 Å². The molecular weight excluding hydrogens is 272 g/mol. The van der Waals surface area contributed by atoms with Gasteiger partial charge in [0, 0.05) is 24.3 Å². The molecule has 0 atom stereocenters. The average molecular weight is 288 g/mol. The van der Waals surface area contributed by atoms with Crippen molar-refractivity contribution in [3.63, 3.8) is 0 Å². The van der Waals surface area contributed by atoms with Gasteiger partial charge in [0.1, 0.15) is 11.4 Å². The molecule has 6 heteroatoms. The summed E-state index contributed by atoms with van der Waals surface area (Å²) < 4.78 is 7.92. The summed E-state index contributed by atoms with van der Waals surface area (Å²) in [5.74, 6) is 1.35. The number of aromatic nitrogens is 3. The lowest BCUT2D eigenvalue weighted by atomic mass is 10.4. The fourth-order valence-corrected chi connectivity index (χ4v) is 2.68. The van der Waals surface area contributed by atoms with Crippen molar-refractivity contribution in [2.75, 3.05) is 6.54 Å². The smallest absolute Gasteiger partial charge is 0.243 e. The van der Waals surface area contributed by atoms with Gasteiger partial charge in [0.2, 0.25) is 5.88 Å². The number of pyridine rings is 1. The van der Waals surface area contributed by atoms with Gasteiger partial charge in [0.25, 0.3) is 0 Å². The van der Waals surface area contributed by atoms with Crippen molar-refractivity contribution in [3.05, 3.63) is 41.8 Å². The third-order valence-electron chi connectivity index (χ3n) is 2.89. The molecule has 104 valence electrons. The molecule has 0 radical (unpaired) electrons. The van der Waals surface area contributed by atoms with Gasteiger partial charge >= 0.3 is 0 Å². The summed E-state index contributed by atoms with van der Waals surface area (Å²) in [5, 5.41) is 5.42. The van der Waals surface area contributed by atoms with Crippen molar-refractivity contribution in [3.8, 4) is 11.6 Å².